The Balaban J connectivity index is 1.71. The summed E-state index contributed by atoms with van der Waals surface area (Å²) >= 11 is 0. The summed E-state index contributed by atoms with van der Waals surface area (Å²) in [7, 11) is 3.96. The fourth-order valence-electron chi connectivity index (χ4n) is 2.29. The second-order valence-electron chi connectivity index (χ2n) is 5.41. The van der Waals surface area contributed by atoms with Crippen LogP contribution in [0.15, 0.2) is 59.9 Å². The Morgan fingerprint density at radius 3 is 2.74 bits per heavy atom. The number of hydrogen-bond acceptors (Lipinski definition) is 3. The molecule has 1 aromatic carbocycles. The second-order valence-corrected chi connectivity index (χ2v) is 5.41. The molecule has 0 aliphatic carbocycles. The van der Waals surface area contributed by atoms with E-state index in [1.807, 2.05) is 53.8 Å². The van der Waals surface area contributed by atoms with E-state index in [4.69, 9.17) is 0 Å². The molecule has 0 radical (unpaired) electrons. The lowest BCUT2D eigenvalue weighted by molar-refractivity contribution is 0.575. The third-order valence-electron chi connectivity index (χ3n) is 3.47. The van der Waals surface area contributed by atoms with Gasteiger partial charge in [0.25, 0.3) is 0 Å². The summed E-state index contributed by atoms with van der Waals surface area (Å²) in [5.74, 6) is 0.839. The van der Waals surface area contributed by atoms with Crippen LogP contribution in [0.1, 0.15) is 11.3 Å². The third kappa shape index (κ3) is 3.66. The van der Waals surface area contributed by atoms with Crippen molar-refractivity contribution in [3.63, 3.8) is 0 Å². The molecule has 0 atom stereocenters. The zero-order chi connectivity index (χ0) is 16.1. The van der Waals surface area contributed by atoms with Gasteiger partial charge in [-0.15, -0.1) is 0 Å². The lowest BCUT2D eigenvalue weighted by Crippen LogP contribution is -2.36. The van der Waals surface area contributed by atoms with Crippen molar-refractivity contribution in [1.82, 2.24) is 24.8 Å². The number of fused-ring (bicyclic) bond motifs is 1. The van der Waals surface area contributed by atoms with Gasteiger partial charge in [-0.25, -0.2) is 14.5 Å². The van der Waals surface area contributed by atoms with Crippen molar-refractivity contribution in [2.75, 3.05) is 14.1 Å². The van der Waals surface area contributed by atoms with Crippen molar-refractivity contribution in [2.45, 2.75) is 13.1 Å². The molecule has 0 spiro atoms. The van der Waals surface area contributed by atoms with Crippen LogP contribution in [0.2, 0.25) is 0 Å². The molecule has 23 heavy (non-hydrogen) atoms. The first-order valence-corrected chi connectivity index (χ1v) is 7.51. The predicted octanol–water partition coefficient (Wildman–Crippen LogP) is 1.94. The van der Waals surface area contributed by atoms with Gasteiger partial charge in [-0.05, 0) is 11.6 Å². The number of benzene rings is 1. The van der Waals surface area contributed by atoms with Gasteiger partial charge in [0.2, 0.25) is 0 Å². The van der Waals surface area contributed by atoms with E-state index in [0.29, 0.717) is 13.1 Å². The summed E-state index contributed by atoms with van der Waals surface area (Å²) < 4.78 is 1.83. The summed E-state index contributed by atoms with van der Waals surface area (Å²) in [6.07, 6.45) is 3.55. The van der Waals surface area contributed by atoms with Gasteiger partial charge in [-0.3, -0.25) is 0 Å². The quantitative estimate of drug-likeness (QED) is 0.591. The van der Waals surface area contributed by atoms with Crippen molar-refractivity contribution >= 4 is 11.6 Å². The average Bonchev–Trinajstić information content (AvgIpc) is 3.05. The lowest BCUT2D eigenvalue weighted by Gasteiger charge is -2.18. The van der Waals surface area contributed by atoms with E-state index in [0.717, 1.165) is 17.3 Å². The summed E-state index contributed by atoms with van der Waals surface area (Å²) in [6, 6.07) is 14.1. The molecule has 0 fully saturated rings. The Morgan fingerprint density at radius 1 is 1.13 bits per heavy atom. The number of nitrogens with zero attached hydrogens (tertiary/aromatic N) is 5. The first-order valence-electron chi connectivity index (χ1n) is 7.51. The normalized spacial score (nSPS) is 11.7. The van der Waals surface area contributed by atoms with E-state index in [1.54, 1.807) is 12.4 Å². The molecule has 6 heteroatoms. The maximum Gasteiger partial charge on any atom is 0.194 e. The van der Waals surface area contributed by atoms with Crippen LogP contribution in [0, 0.1) is 0 Å². The molecular formula is C17H20N6. The highest BCUT2D eigenvalue weighted by Crippen LogP contribution is 2.04. The number of rotatable bonds is 4. The van der Waals surface area contributed by atoms with Crippen LogP contribution < -0.4 is 5.32 Å². The summed E-state index contributed by atoms with van der Waals surface area (Å²) in [5, 5.41) is 7.67. The molecule has 0 unspecified atom stereocenters. The molecular weight excluding hydrogens is 288 g/mol. The van der Waals surface area contributed by atoms with Gasteiger partial charge < -0.3 is 10.2 Å². The molecule has 2 heterocycles. The highest BCUT2D eigenvalue weighted by Gasteiger charge is 2.05. The zero-order valence-corrected chi connectivity index (χ0v) is 13.3. The van der Waals surface area contributed by atoms with Crippen molar-refractivity contribution in [3.05, 3.63) is 66.1 Å². The Bertz CT molecular complexity index is 791. The highest BCUT2D eigenvalue weighted by atomic mass is 15.3. The van der Waals surface area contributed by atoms with Gasteiger partial charge in [0.15, 0.2) is 11.6 Å². The van der Waals surface area contributed by atoms with Gasteiger partial charge >= 0.3 is 0 Å². The van der Waals surface area contributed by atoms with E-state index in [-0.39, 0.29) is 0 Å². The fraction of sp³-hybridized carbons (Fsp3) is 0.235. The number of hydrogen-bond donors (Lipinski definition) is 1. The van der Waals surface area contributed by atoms with Crippen LogP contribution in [0.25, 0.3) is 5.65 Å². The van der Waals surface area contributed by atoms with Crippen LogP contribution in [0.4, 0.5) is 0 Å². The van der Waals surface area contributed by atoms with Crippen molar-refractivity contribution < 1.29 is 0 Å². The van der Waals surface area contributed by atoms with Crippen LogP contribution >= 0.6 is 0 Å². The Hall–Kier alpha value is -2.89. The first kappa shape index (κ1) is 15.0. The summed E-state index contributed by atoms with van der Waals surface area (Å²) in [4.78, 5) is 10.9. The molecule has 3 aromatic rings. The van der Waals surface area contributed by atoms with E-state index in [1.165, 1.54) is 5.56 Å². The Kier molecular flexibility index (Phi) is 4.52. The Labute approximate surface area is 135 Å². The molecule has 0 saturated carbocycles. The van der Waals surface area contributed by atoms with E-state index in [2.05, 4.69) is 32.5 Å². The maximum atomic E-state index is 4.66. The number of nitrogens with one attached hydrogen (secondary N) is 1. The zero-order valence-electron chi connectivity index (χ0n) is 13.3. The minimum absolute atomic E-state index is 0.631. The lowest BCUT2D eigenvalue weighted by atomic mass is 10.2. The standard InChI is InChI=1S/C17H20N6/c1-22(2)17(19-12-14-6-4-3-5-7-14)20-13-15-8-10-18-16-9-11-21-23(15)16/h3-11H,12-13H2,1-2H3,(H,19,20). The van der Waals surface area contributed by atoms with Crippen molar-refractivity contribution in [1.29, 1.82) is 0 Å². The number of aromatic nitrogens is 3. The molecule has 1 N–H and O–H groups in total. The Morgan fingerprint density at radius 2 is 1.96 bits per heavy atom. The molecule has 2 aromatic heterocycles. The molecule has 0 aliphatic heterocycles. The molecule has 6 nitrogen and oxygen atoms in total. The van der Waals surface area contributed by atoms with E-state index in [9.17, 15) is 0 Å². The largest absolute Gasteiger partial charge is 0.351 e. The van der Waals surface area contributed by atoms with Gasteiger partial charge in [0, 0.05) is 26.4 Å². The summed E-state index contributed by atoms with van der Waals surface area (Å²) in [5.41, 5.74) is 3.07. The van der Waals surface area contributed by atoms with Crippen LogP contribution in [0.5, 0.6) is 0 Å². The minimum Gasteiger partial charge on any atom is -0.351 e. The molecule has 0 aliphatic rings. The van der Waals surface area contributed by atoms with Crippen LogP contribution in [0.3, 0.4) is 0 Å². The molecule has 118 valence electrons. The molecule has 0 bridgehead atoms. The minimum atomic E-state index is 0.631. The maximum absolute atomic E-state index is 4.66. The molecule has 3 rings (SSSR count). The van der Waals surface area contributed by atoms with Crippen molar-refractivity contribution in [2.24, 2.45) is 4.99 Å². The van der Waals surface area contributed by atoms with E-state index < -0.39 is 0 Å². The fourth-order valence-corrected chi connectivity index (χ4v) is 2.29. The van der Waals surface area contributed by atoms with Crippen molar-refractivity contribution in [3.8, 4) is 0 Å². The summed E-state index contributed by atoms with van der Waals surface area (Å²) in [6.45, 7) is 1.28. The first-order chi connectivity index (χ1) is 11.2. The smallest absolute Gasteiger partial charge is 0.194 e. The molecule has 0 saturated heterocycles. The number of guanidine groups is 1. The third-order valence-corrected chi connectivity index (χ3v) is 3.47. The van der Waals surface area contributed by atoms with E-state index >= 15 is 0 Å². The SMILES string of the molecule is CN(C)C(=NCc1ccccc1)NCc1ccnc2ccnn12. The van der Waals surface area contributed by atoms with Gasteiger partial charge in [-0.2, -0.15) is 5.10 Å². The van der Waals surface area contributed by atoms with Crippen LogP contribution in [-0.4, -0.2) is 39.6 Å². The van der Waals surface area contributed by atoms with Gasteiger partial charge in [-0.1, -0.05) is 30.3 Å². The van der Waals surface area contributed by atoms with Crippen LogP contribution in [-0.2, 0) is 13.1 Å². The predicted molar refractivity (Wildman–Crippen MR) is 91.1 cm³/mol. The number of aliphatic imine (C=N–C) groups is 1. The monoisotopic (exact) mass is 308 g/mol. The highest BCUT2D eigenvalue weighted by molar-refractivity contribution is 5.79. The van der Waals surface area contributed by atoms with Gasteiger partial charge in [0.1, 0.15) is 0 Å². The second kappa shape index (κ2) is 6.91. The van der Waals surface area contributed by atoms with Gasteiger partial charge in [0.05, 0.1) is 25.0 Å². The topological polar surface area (TPSA) is 57.8 Å². The molecule has 0 amide bonds. The average molecular weight is 308 g/mol.